The van der Waals surface area contributed by atoms with E-state index in [0.717, 1.165) is 11.1 Å². The van der Waals surface area contributed by atoms with Crippen molar-refractivity contribution in [2.45, 2.75) is 0 Å². The highest BCUT2D eigenvalue weighted by molar-refractivity contribution is 6.28. The standard InChI is InChI=1S/C18H17ClN6O3/c1-26-12-6-10(7-13(27-2)15(12)28-3)25-8-14(21-9-25)22-17-11-4-5-20-16(11)23-18(19)24-17/h4-9H,1-3H3,(H2,20,22,23,24). The Morgan fingerprint density at radius 2 is 1.82 bits per heavy atom. The summed E-state index contributed by atoms with van der Waals surface area (Å²) >= 11 is 6.00. The van der Waals surface area contributed by atoms with Crippen LogP contribution in [0.1, 0.15) is 0 Å². The lowest BCUT2D eigenvalue weighted by molar-refractivity contribution is 0.324. The number of benzene rings is 1. The molecule has 0 unspecified atom stereocenters. The van der Waals surface area contributed by atoms with E-state index in [4.69, 9.17) is 25.8 Å². The highest BCUT2D eigenvalue weighted by Gasteiger charge is 2.15. The number of methoxy groups -OCH3 is 3. The molecule has 0 spiro atoms. The van der Waals surface area contributed by atoms with Gasteiger partial charge in [-0.15, -0.1) is 0 Å². The van der Waals surface area contributed by atoms with E-state index in [-0.39, 0.29) is 5.28 Å². The van der Waals surface area contributed by atoms with Gasteiger partial charge in [0.05, 0.1) is 38.6 Å². The van der Waals surface area contributed by atoms with Crippen molar-refractivity contribution < 1.29 is 14.2 Å². The minimum absolute atomic E-state index is 0.140. The molecule has 0 atom stereocenters. The second-order valence-electron chi connectivity index (χ2n) is 5.76. The summed E-state index contributed by atoms with van der Waals surface area (Å²) < 4.78 is 18.0. The van der Waals surface area contributed by atoms with Gasteiger partial charge in [-0.2, -0.15) is 9.97 Å². The van der Waals surface area contributed by atoms with Gasteiger partial charge in [-0.3, -0.25) is 0 Å². The van der Waals surface area contributed by atoms with Crippen molar-refractivity contribution >= 4 is 34.3 Å². The third-order valence-electron chi connectivity index (χ3n) is 4.17. The Bertz CT molecular complexity index is 1110. The van der Waals surface area contributed by atoms with Crippen molar-refractivity contribution in [2.24, 2.45) is 0 Å². The smallest absolute Gasteiger partial charge is 0.226 e. The number of aromatic nitrogens is 5. The van der Waals surface area contributed by atoms with Gasteiger partial charge in [-0.1, -0.05) is 0 Å². The molecule has 0 amide bonds. The molecule has 1 aromatic carbocycles. The second kappa shape index (κ2) is 7.28. The lowest BCUT2D eigenvalue weighted by Crippen LogP contribution is -1.99. The van der Waals surface area contributed by atoms with Gasteiger partial charge in [-0.05, 0) is 17.7 Å². The molecular formula is C18H17ClN6O3. The molecule has 0 bridgehead atoms. The summed E-state index contributed by atoms with van der Waals surface area (Å²) in [6, 6.07) is 5.53. The van der Waals surface area contributed by atoms with E-state index >= 15 is 0 Å². The molecule has 9 nitrogen and oxygen atoms in total. The fourth-order valence-electron chi connectivity index (χ4n) is 2.88. The number of aromatic amines is 1. The van der Waals surface area contributed by atoms with Crippen LogP contribution in [0, 0.1) is 0 Å². The molecule has 3 aromatic heterocycles. The van der Waals surface area contributed by atoms with Crippen LogP contribution < -0.4 is 19.5 Å². The Kier molecular flexibility index (Phi) is 4.66. The number of fused-ring (bicyclic) bond motifs is 1. The molecule has 0 aliphatic carbocycles. The number of ether oxygens (including phenoxy) is 3. The van der Waals surface area contributed by atoms with Crippen molar-refractivity contribution in [1.29, 1.82) is 0 Å². The molecule has 0 saturated heterocycles. The first-order chi connectivity index (χ1) is 13.6. The van der Waals surface area contributed by atoms with Crippen LogP contribution in [-0.2, 0) is 0 Å². The number of hydrogen-bond donors (Lipinski definition) is 2. The first-order valence-electron chi connectivity index (χ1n) is 8.25. The van der Waals surface area contributed by atoms with Gasteiger partial charge in [0.15, 0.2) is 11.5 Å². The van der Waals surface area contributed by atoms with E-state index in [2.05, 4.69) is 25.3 Å². The van der Waals surface area contributed by atoms with Crippen molar-refractivity contribution in [1.82, 2.24) is 24.5 Å². The van der Waals surface area contributed by atoms with Gasteiger partial charge in [0, 0.05) is 18.3 Å². The van der Waals surface area contributed by atoms with Crippen LogP contribution >= 0.6 is 11.6 Å². The summed E-state index contributed by atoms with van der Waals surface area (Å²) in [7, 11) is 4.71. The van der Waals surface area contributed by atoms with Gasteiger partial charge in [0.1, 0.15) is 23.6 Å². The van der Waals surface area contributed by atoms with E-state index in [1.54, 1.807) is 33.9 Å². The zero-order chi connectivity index (χ0) is 19.7. The first-order valence-corrected chi connectivity index (χ1v) is 8.62. The highest BCUT2D eigenvalue weighted by Crippen LogP contribution is 2.39. The fourth-order valence-corrected chi connectivity index (χ4v) is 3.04. The number of nitrogens with zero attached hydrogens (tertiary/aromatic N) is 4. The van der Waals surface area contributed by atoms with Crippen molar-refractivity contribution in [3.63, 3.8) is 0 Å². The van der Waals surface area contributed by atoms with E-state index in [1.165, 1.54) is 0 Å². The molecule has 0 radical (unpaired) electrons. The Morgan fingerprint density at radius 3 is 2.50 bits per heavy atom. The average Bonchev–Trinajstić information content (AvgIpc) is 3.36. The van der Waals surface area contributed by atoms with Gasteiger partial charge >= 0.3 is 0 Å². The lowest BCUT2D eigenvalue weighted by Gasteiger charge is -2.14. The van der Waals surface area contributed by atoms with Crippen LogP contribution in [-0.4, -0.2) is 45.8 Å². The Morgan fingerprint density at radius 1 is 1.07 bits per heavy atom. The van der Waals surface area contributed by atoms with Crippen LogP contribution in [0.15, 0.2) is 36.9 Å². The molecule has 0 fully saturated rings. The summed E-state index contributed by atoms with van der Waals surface area (Å²) in [5.74, 6) is 2.78. The van der Waals surface area contributed by atoms with Crippen LogP contribution in [0.3, 0.4) is 0 Å². The van der Waals surface area contributed by atoms with Gasteiger partial charge in [0.25, 0.3) is 0 Å². The molecule has 3 heterocycles. The molecule has 2 N–H and O–H groups in total. The van der Waals surface area contributed by atoms with E-state index in [0.29, 0.717) is 34.5 Å². The van der Waals surface area contributed by atoms with Gasteiger partial charge in [0.2, 0.25) is 11.0 Å². The maximum absolute atomic E-state index is 6.00. The van der Waals surface area contributed by atoms with Crippen LogP contribution in [0.4, 0.5) is 11.6 Å². The minimum atomic E-state index is 0.140. The average molecular weight is 401 g/mol. The van der Waals surface area contributed by atoms with Crippen molar-refractivity contribution in [3.8, 4) is 22.9 Å². The summed E-state index contributed by atoms with van der Waals surface area (Å²) in [5, 5.41) is 4.12. The van der Waals surface area contributed by atoms with Gasteiger partial charge in [-0.25, -0.2) is 4.98 Å². The Hall–Kier alpha value is -3.46. The van der Waals surface area contributed by atoms with E-state index in [9.17, 15) is 0 Å². The number of halogens is 1. The second-order valence-corrected chi connectivity index (χ2v) is 6.09. The first kappa shape index (κ1) is 17.9. The fraction of sp³-hybridized carbons (Fsp3) is 0.167. The third kappa shape index (κ3) is 3.16. The van der Waals surface area contributed by atoms with Crippen LogP contribution in [0.2, 0.25) is 5.28 Å². The van der Waals surface area contributed by atoms with E-state index in [1.807, 2.05) is 29.0 Å². The van der Waals surface area contributed by atoms with Crippen molar-refractivity contribution in [2.75, 3.05) is 26.6 Å². The summed E-state index contributed by atoms with van der Waals surface area (Å²) in [4.78, 5) is 15.8. The predicted molar refractivity (Wildman–Crippen MR) is 105 cm³/mol. The number of imidazole rings is 1. The lowest BCUT2D eigenvalue weighted by atomic mass is 10.2. The number of hydrogen-bond acceptors (Lipinski definition) is 7. The zero-order valence-corrected chi connectivity index (χ0v) is 16.1. The molecule has 144 valence electrons. The molecule has 4 rings (SSSR count). The van der Waals surface area contributed by atoms with Gasteiger partial charge < -0.3 is 29.1 Å². The summed E-state index contributed by atoms with van der Waals surface area (Å²) in [6.45, 7) is 0. The highest BCUT2D eigenvalue weighted by atomic mass is 35.5. The maximum Gasteiger partial charge on any atom is 0.226 e. The van der Waals surface area contributed by atoms with Crippen LogP contribution in [0.25, 0.3) is 16.7 Å². The van der Waals surface area contributed by atoms with Crippen molar-refractivity contribution in [3.05, 3.63) is 42.2 Å². The normalized spacial score (nSPS) is 10.9. The number of nitrogens with one attached hydrogen (secondary N) is 2. The molecule has 0 aliphatic heterocycles. The molecule has 0 saturated carbocycles. The minimum Gasteiger partial charge on any atom is -0.493 e. The number of rotatable bonds is 6. The zero-order valence-electron chi connectivity index (χ0n) is 15.4. The monoisotopic (exact) mass is 400 g/mol. The maximum atomic E-state index is 6.00. The Labute approximate surface area is 165 Å². The largest absolute Gasteiger partial charge is 0.493 e. The molecular weight excluding hydrogens is 384 g/mol. The van der Waals surface area contributed by atoms with E-state index < -0.39 is 0 Å². The topological polar surface area (TPSA) is 99.1 Å². The summed E-state index contributed by atoms with van der Waals surface area (Å²) in [6.07, 6.45) is 5.25. The molecule has 10 heteroatoms. The van der Waals surface area contributed by atoms with Crippen LogP contribution in [0.5, 0.6) is 17.2 Å². The molecule has 0 aliphatic rings. The number of H-pyrrole nitrogens is 1. The quantitative estimate of drug-likeness (QED) is 0.477. The summed E-state index contributed by atoms with van der Waals surface area (Å²) in [5.41, 5.74) is 1.44. The predicted octanol–water partition coefficient (Wildman–Crippen LogP) is 3.57. The molecule has 28 heavy (non-hydrogen) atoms. The SMILES string of the molecule is COc1cc(-n2cnc(Nc3nc(Cl)nc4[nH]ccc34)c2)cc(OC)c1OC. The molecule has 4 aromatic rings. The third-order valence-corrected chi connectivity index (χ3v) is 4.33. The Balaban J connectivity index is 1.69. The number of anilines is 2.